The molecule has 2 rings (SSSR count). The lowest BCUT2D eigenvalue weighted by atomic mass is 10.0. The van der Waals surface area contributed by atoms with Crippen LogP contribution >= 0.6 is 11.6 Å². The van der Waals surface area contributed by atoms with Crippen LogP contribution in [0.15, 0.2) is 18.2 Å². The van der Waals surface area contributed by atoms with E-state index in [-0.39, 0.29) is 11.9 Å². The van der Waals surface area contributed by atoms with Crippen LogP contribution in [-0.2, 0) is 4.74 Å². The van der Waals surface area contributed by atoms with E-state index in [4.69, 9.17) is 16.3 Å². The molecule has 0 radical (unpaired) electrons. The first kappa shape index (κ1) is 12.8. The molecule has 2 nitrogen and oxygen atoms in total. The van der Waals surface area contributed by atoms with E-state index < -0.39 is 6.10 Å². The fourth-order valence-electron chi connectivity index (χ4n) is 2.14. The number of halogens is 2. The maximum Gasteiger partial charge on any atom is 0.123 e. The Hall–Kier alpha value is -0.640. The zero-order valence-corrected chi connectivity index (χ0v) is 10.3. The van der Waals surface area contributed by atoms with E-state index in [1.54, 1.807) is 0 Å². The Labute approximate surface area is 105 Å². The number of hydrogen-bond acceptors (Lipinski definition) is 2. The van der Waals surface area contributed by atoms with Crippen LogP contribution < -0.4 is 0 Å². The molecule has 94 valence electrons. The summed E-state index contributed by atoms with van der Waals surface area (Å²) in [6.45, 7) is 0.807. The molecule has 17 heavy (non-hydrogen) atoms. The van der Waals surface area contributed by atoms with Crippen molar-refractivity contribution in [3.8, 4) is 0 Å². The lowest BCUT2D eigenvalue weighted by Crippen LogP contribution is -2.08. The summed E-state index contributed by atoms with van der Waals surface area (Å²) in [4.78, 5) is 0. The van der Waals surface area contributed by atoms with E-state index in [1.165, 1.54) is 18.2 Å². The molecular formula is C13H16ClFO2. The second-order valence-electron chi connectivity index (χ2n) is 4.39. The van der Waals surface area contributed by atoms with Crippen molar-refractivity contribution in [1.82, 2.24) is 0 Å². The molecular weight excluding hydrogens is 243 g/mol. The number of hydrogen-bond donors (Lipinski definition) is 1. The van der Waals surface area contributed by atoms with Crippen LogP contribution in [0.2, 0.25) is 5.02 Å². The first-order valence-electron chi connectivity index (χ1n) is 5.91. The number of aliphatic hydroxyl groups is 1. The molecule has 2 unspecified atom stereocenters. The average Bonchev–Trinajstić information content (AvgIpc) is 2.82. The summed E-state index contributed by atoms with van der Waals surface area (Å²) >= 11 is 5.93. The molecule has 0 saturated carbocycles. The topological polar surface area (TPSA) is 29.5 Å². The molecule has 0 aliphatic carbocycles. The maximum absolute atomic E-state index is 13.1. The third-order valence-electron chi connectivity index (χ3n) is 3.10. The monoisotopic (exact) mass is 258 g/mol. The van der Waals surface area contributed by atoms with Crippen molar-refractivity contribution < 1.29 is 14.2 Å². The molecule has 1 fully saturated rings. The average molecular weight is 259 g/mol. The van der Waals surface area contributed by atoms with Gasteiger partial charge in [0.25, 0.3) is 0 Å². The minimum Gasteiger partial charge on any atom is -0.388 e. The van der Waals surface area contributed by atoms with E-state index in [9.17, 15) is 9.50 Å². The van der Waals surface area contributed by atoms with Gasteiger partial charge in [-0.15, -0.1) is 0 Å². The minimum atomic E-state index is -0.720. The predicted molar refractivity (Wildman–Crippen MR) is 64.6 cm³/mol. The van der Waals surface area contributed by atoms with Crippen molar-refractivity contribution in [2.24, 2.45) is 0 Å². The van der Waals surface area contributed by atoms with Crippen molar-refractivity contribution in [3.05, 3.63) is 34.6 Å². The molecule has 1 aromatic rings. The highest BCUT2D eigenvalue weighted by atomic mass is 35.5. The summed E-state index contributed by atoms with van der Waals surface area (Å²) in [6.07, 6.45) is 2.98. The van der Waals surface area contributed by atoms with Gasteiger partial charge in [-0.3, -0.25) is 0 Å². The summed E-state index contributed by atoms with van der Waals surface area (Å²) in [5.74, 6) is -0.374. The molecule has 4 heteroatoms. The molecule has 1 aromatic carbocycles. The van der Waals surface area contributed by atoms with Crippen molar-refractivity contribution >= 4 is 11.6 Å². The Morgan fingerprint density at radius 2 is 2.35 bits per heavy atom. The van der Waals surface area contributed by atoms with E-state index in [1.807, 2.05) is 0 Å². The van der Waals surface area contributed by atoms with Gasteiger partial charge in [0.05, 0.1) is 12.2 Å². The van der Waals surface area contributed by atoms with Gasteiger partial charge in [0.2, 0.25) is 0 Å². The summed E-state index contributed by atoms with van der Waals surface area (Å²) in [5.41, 5.74) is 0.463. The van der Waals surface area contributed by atoms with Crippen LogP contribution in [0.4, 0.5) is 4.39 Å². The van der Waals surface area contributed by atoms with Crippen molar-refractivity contribution in [3.63, 3.8) is 0 Å². The molecule has 2 atom stereocenters. The van der Waals surface area contributed by atoms with Crippen molar-refractivity contribution in [2.75, 3.05) is 6.61 Å². The van der Waals surface area contributed by atoms with Crippen LogP contribution in [-0.4, -0.2) is 17.8 Å². The van der Waals surface area contributed by atoms with Gasteiger partial charge in [-0.25, -0.2) is 4.39 Å². The van der Waals surface area contributed by atoms with Gasteiger partial charge >= 0.3 is 0 Å². The number of ether oxygens (including phenoxy) is 1. The zero-order chi connectivity index (χ0) is 12.3. The molecule has 0 amide bonds. The van der Waals surface area contributed by atoms with Crippen LogP contribution in [0, 0.1) is 5.82 Å². The van der Waals surface area contributed by atoms with E-state index in [0.29, 0.717) is 17.0 Å². The second kappa shape index (κ2) is 5.80. The van der Waals surface area contributed by atoms with Crippen LogP contribution in [0.3, 0.4) is 0 Å². The standard InChI is InChI=1S/C13H16ClFO2/c14-12-5-3-9(15)8-11(12)13(16)6-4-10-2-1-7-17-10/h3,5,8,10,13,16H,1-2,4,6-7H2. The van der Waals surface area contributed by atoms with Gasteiger partial charge < -0.3 is 9.84 Å². The highest BCUT2D eigenvalue weighted by Gasteiger charge is 2.19. The van der Waals surface area contributed by atoms with Gasteiger partial charge in [0.15, 0.2) is 0 Å². The highest BCUT2D eigenvalue weighted by Crippen LogP contribution is 2.29. The first-order valence-corrected chi connectivity index (χ1v) is 6.29. The molecule has 1 N–H and O–H groups in total. The fraction of sp³-hybridized carbons (Fsp3) is 0.538. The first-order chi connectivity index (χ1) is 8.16. The summed E-state index contributed by atoms with van der Waals surface area (Å²) in [7, 11) is 0. The van der Waals surface area contributed by atoms with Crippen LogP contribution in [0.5, 0.6) is 0 Å². The highest BCUT2D eigenvalue weighted by molar-refractivity contribution is 6.31. The molecule has 1 aliphatic heterocycles. The fourth-order valence-corrected chi connectivity index (χ4v) is 2.38. The van der Waals surface area contributed by atoms with E-state index in [0.717, 1.165) is 25.9 Å². The Kier molecular flexibility index (Phi) is 4.37. The molecule has 0 bridgehead atoms. The summed E-state index contributed by atoms with van der Waals surface area (Å²) in [6, 6.07) is 4.06. The Bertz CT molecular complexity index is 378. The van der Waals surface area contributed by atoms with Crippen LogP contribution in [0.1, 0.15) is 37.4 Å². The van der Waals surface area contributed by atoms with Crippen molar-refractivity contribution in [1.29, 1.82) is 0 Å². The van der Waals surface area contributed by atoms with Gasteiger partial charge in [-0.1, -0.05) is 11.6 Å². The van der Waals surface area contributed by atoms with E-state index in [2.05, 4.69) is 0 Å². The van der Waals surface area contributed by atoms with Gasteiger partial charge in [-0.05, 0) is 43.9 Å². The third kappa shape index (κ3) is 3.41. The summed E-state index contributed by atoms with van der Waals surface area (Å²) in [5, 5.41) is 10.4. The molecule has 1 aliphatic rings. The maximum atomic E-state index is 13.1. The third-order valence-corrected chi connectivity index (χ3v) is 3.45. The number of benzene rings is 1. The quantitative estimate of drug-likeness (QED) is 0.896. The lowest BCUT2D eigenvalue weighted by Gasteiger charge is -2.15. The largest absolute Gasteiger partial charge is 0.388 e. The van der Waals surface area contributed by atoms with Gasteiger partial charge in [0.1, 0.15) is 5.82 Å². The smallest absolute Gasteiger partial charge is 0.123 e. The Balaban J connectivity index is 1.93. The Morgan fingerprint density at radius 1 is 1.53 bits per heavy atom. The Morgan fingerprint density at radius 3 is 3.06 bits per heavy atom. The predicted octanol–water partition coefficient (Wildman–Crippen LogP) is 3.47. The molecule has 1 heterocycles. The molecule has 0 spiro atoms. The van der Waals surface area contributed by atoms with Gasteiger partial charge in [-0.2, -0.15) is 0 Å². The van der Waals surface area contributed by atoms with Gasteiger partial charge in [0, 0.05) is 17.2 Å². The molecule has 1 saturated heterocycles. The van der Waals surface area contributed by atoms with E-state index >= 15 is 0 Å². The SMILES string of the molecule is OC(CCC1CCCO1)c1cc(F)ccc1Cl. The summed E-state index contributed by atoms with van der Waals surface area (Å²) < 4.78 is 18.5. The normalized spacial score (nSPS) is 21.7. The second-order valence-corrected chi connectivity index (χ2v) is 4.80. The lowest BCUT2D eigenvalue weighted by molar-refractivity contribution is 0.0812. The molecule has 0 aromatic heterocycles. The minimum absolute atomic E-state index is 0.233. The number of aliphatic hydroxyl groups excluding tert-OH is 1. The van der Waals surface area contributed by atoms with Crippen LogP contribution in [0.25, 0.3) is 0 Å². The number of rotatable bonds is 4. The van der Waals surface area contributed by atoms with Crippen molar-refractivity contribution in [2.45, 2.75) is 37.9 Å². The zero-order valence-electron chi connectivity index (χ0n) is 9.53.